The van der Waals surface area contributed by atoms with E-state index >= 15 is 0 Å². The number of aliphatic imine (C=N–C) groups is 1. The first kappa shape index (κ1) is 34.3. The van der Waals surface area contributed by atoms with Crippen molar-refractivity contribution in [2.45, 2.75) is 44.8 Å². The van der Waals surface area contributed by atoms with Gasteiger partial charge in [-0.3, -0.25) is 4.90 Å². The minimum atomic E-state index is -2.83. The Morgan fingerprint density at radius 3 is 2.54 bits per heavy atom. The third kappa shape index (κ3) is 6.95. The lowest BCUT2D eigenvalue weighted by Gasteiger charge is -2.43. The lowest BCUT2D eigenvalue weighted by molar-refractivity contribution is 0.0982. The van der Waals surface area contributed by atoms with Crippen LogP contribution in [-0.2, 0) is 11.0 Å². The number of hydrogen-bond acceptors (Lipinski definition) is 11. The molecule has 0 bridgehead atoms. The summed E-state index contributed by atoms with van der Waals surface area (Å²) in [6.07, 6.45) is 8.51. The van der Waals surface area contributed by atoms with Gasteiger partial charge in [0.2, 0.25) is 5.96 Å². The fourth-order valence-electron chi connectivity index (χ4n) is 6.96. The van der Waals surface area contributed by atoms with E-state index in [9.17, 15) is 9.83 Å². The van der Waals surface area contributed by atoms with E-state index in [0.29, 0.717) is 28.6 Å². The van der Waals surface area contributed by atoms with Gasteiger partial charge in [-0.05, 0) is 80.2 Å². The van der Waals surface area contributed by atoms with Crippen LogP contribution >= 0.6 is 23.1 Å². The van der Waals surface area contributed by atoms with Crippen molar-refractivity contribution in [1.82, 2.24) is 24.5 Å². The zero-order chi connectivity index (χ0) is 34.2. The molecule has 48 heavy (non-hydrogen) atoms. The lowest BCUT2D eigenvalue weighted by atomic mass is 9.99. The lowest BCUT2D eigenvalue weighted by Crippen LogP contribution is -2.52. The van der Waals surface area contributed by atoms with Gasteiger partial charge < -0.3 is 39.5 Å². The fourth-order valence-corrected chi connectivity index (χ4v) is 8.62. The number of nitrogens with zero attached hydrogens (tertiary/aromatic N) is 7. The van der Waals surface area contributed by atoms with Crippen LogP contribution in [0.25, 0.3) is 5.65 Å². The molecule has 6 rings (SSSR count). The summed E-state index contributed by atoms with van der Waals surface area (Å²) in [5, 5.41) is 20.2. The molecule has 1 atom stereocenters. The van der Waals surface area contributed by atoms with Gasteiger partial charge >= 0.3 is 0 Å². The average molecular weight is 738 g/mol. The van der Waals surface area contributed by atoms with Crippen LogP contribution in [-0.4, -0.2) is 104 Å². The number of piperidine rings is 1. The van der Waals surface area contributed by atoms with Crippen LogP contribution in [0.3, 0.4) is 0 Å². The first-order valence-corrected chi connectivity index (χ1v) is 20.0. The Labute approximate surface area is 291 Å². The van der Waals surface area contributed by atoms with Crippen molar-refractivity contribution in [2.75, 3.05) is 82.3 Å². The molecule has 1 unspecified atom stereocenters. The molecule has 3 aliphatic heterocycles. The Morgan fingerprint density at radius 2 is 1.90 bits per heavy atom. The number of methoxy groups -OCH3 is 1. The molecule has 2 aromatic heterocycles. The second-order valence-corrected chi connectivity index (χ2v) is 17.4. The highest BCUT2D eigenvalue weighted by Gasteiger charge is 2.34. The number of benzene rings is 1. The van der Waals surface area contributed by atoms with E-state index in [0.717, 1.165) is 61.6 Å². The van der Waals surface area contributed by atoms with Gasteiger partial charge in [-0.1, -0.05) is 6.92 Å². The summed E-state index contributed by atoms with van der Waals surface area (Å²) in [5.74, 6) is 1.27. The van der Waals surface area contributed by atoms with Gasteiger partial charge in [0.25, 0.3) is 0 Å². The summed E-state index contributed by atoms with van der Waals surface area (Å²) in [7, 11) is 1.08. The number of aromatic nitrogens is 2. The van der Waals surface area contributed by atoms with Crippen molar-refractivity contribution in [1.29, 1.82) is 5.26 Å². The van der Waals surface area contributed by atoms with Crippen molar-refractivity contribution < 1.29 is 9.30 Å². The van der Waals surface area contributed by atoms with Crippen molar-refractivity contribution in [3.63, 3.8) is 0 Å². The maximum Gasteiger partial charge on any atom is 0.202 e. The van der Waals surface area contributed by atoms with E-state index in [2.05, 4.69) is 83.7 Å². The Balaban J connectivity index is 1.24. The average Bonchev–Trinajstić information content (AvgIpc) is 3.49. The first-order valence-electron chi connectivity index (χ1n) is 16.6. The molecule has 12 nitrogen and oxygen atoms in total. The molecule has 3 aliphatic rings. The third-order valence-corrected chi connectivity index (χ3v) is 12.2. The number of hydrogen-bond donors (Lipinski definition) is 3. The zero-order valence-corrected chi connectivity index (χ0v) is 31.2. The SMILES string of the molecule is CCc1cc(NC2=NC(C)(Nc3ccn4cc(C#N)nc4c3P(C)(C)=O)C(Br)=CN2)c(OC)cc1N1CCC(N2CCN(C)CC2)CC1. The molecule has 0 amide bonds. The number of nitrogens with one attached hydrogen (secondary N) is 3. The Hall–Kier alpha value is -3.56. The topological polar surface area (TPSA) is 126 Å². The third-order valence-electron chi connectivity index (χ3n) is 9.66. The maximum atomic E-state index is 13.6. The molecule has 0 aliphatic carbocycles. The first-order chi connectivity index (χ1) is 22.9. The predicted octanol–water partition coefficient (Wildman–Crippen LogP) is 4.68. The number of anilines is 3. The molecule has 1 aromatic carbocycles. The minimum Gasteiger partial charge on any atom is -0.494 e. The molecule has 0 radical (unpaired) electrons. The van der Waals surface area contributed by atoms with Crippen LogP contribution in [0.4, 0.5) is 17.1 Å². The Kier molecular flexibility index (Phi) is 9.83. The van der Waals surface area contributed by atoms with Crippen molar-refractivity contribution in [3.05, 3.63) is 52.5 Å². The van der Waals surface area contributed by atoms with Crippen LogP contribution in [0.1, 0.15) is 37.9 Å². The normalized spacial score (nSPS) is 21.3. The highest BCUT2D eigenvalue weighted by molar-refractivity contribution is 9.11. The predicted molar refractivity (Wildman–Crippen MR) is 199 cm³/mol. The summed E-state index contributed by atoms with van der Waals surface area (Å²) in [5.41, 5.74) is 3.74. The van der Waals surface area contributed by atoms with Crippen molar-refractivity contribution in [3.8, 4) is 11.8 Å². The van der Waals surface area contributed by atoms with Crippen LogP contribution in [0, 0.1) is 11.3 Å². The van der Waals surface area contributed by atoms with Crippen molar-refractivity contribution in [2.24, 2.45) is 4.99 Å². The van der Waals surface area contributed by atoms with E-state index in [1.165, 1.54) is 24.1 Å². The van der Waals surface area contributed by atoms with Gasteiger partial charge in [0.15, 0.2) is 17.0 Å². The van der Waals surface area contributed by atoms with Crippen LogP contribution in [0.2, 0.25) is 0 Å². The number of halogens is 1. The minimum absolute atomic E-state index is 0.266. The van der Waals surface area contributed by atoms with Crippen molar-refractivity contribution >= 4 is 57.0 Å². The standard InChI is InChI=1S/C34H46BrN10O2P/c1-7-23-18-27(29(47-4)19-28(23)44-11-8-25(9-12-44)43-16-14-42(3)15-17-43)39-33-37-21-30(35)34(2,41-33)40-26-10-13-45-22-24(20-36)38-32(45)31(26)48(5,6)46/h10,13,18-19,21-22,25,40H,7-9,11-12,14-17H2,1-6H3,(H2,37,39,41). The number of ether oxygens (including phenoxy) is 1. The van der Waals surface area contributed by atoms with Gasteiger partial charge in [0.1, 0.15) is 19.0 Å². The summed E-state index contributed by atoms with van der Waals surface area (Å²) in [6, 6.07) is 8.92. The molecule has 0 spiro atoms. The summed E-state index contributed by atoms with van der Waals surface area (Å²) >= 11 is 3.69. The van der Waals surface area contributed by atoms with Crippen LogP contribution in [0.5, 0.6) is 5.75 Å². The summed E-state index contributed by atoms with van der Waals surface area (Å²) in [6.45, 7) is 14.2. The molecule has 2 saturated heterocycles. The number of fused-ring (bicyclic) bond motifs is 1. The smallest absolute Gasteiger partial charge is 0.202 e. The molecule has 2 fully saturated rings. The summed E-state index contributed by atoms with van der Waals surface area (Å²) in [4.78, 5) is 17.1. The number of aryl methyl sites for hydroxylation is 1. The largest absolute Gasteiger partial charge is 0.494 e. The maximum absolute atomic E-state index is 13.6. The molecule has 3 N–H and O–H groups in total. The van der Waals surface area contributed by atoms with E-state index in [1.54, 1.807) is 31.0 Å². The zero-order valence-electron chi connectivity index (χ0n) is 28.7. The molecule has 0 saturated carbocycles. The van der Waals surface area contributed by atoms with Gasteiger partial charge in [0.05, 0.1) is 28.3 Å². The van der Waals surface area contributed by atoms with E-state index < -0.39 is 12.8 Å². The Bertz CT molecular complexity index is 1830. The second kappa shape index (κ2) is 13.7. The van der Waals surface area contributed by atoms with Crippen LogP contribution in [0.15, 0.2) is 46.3 Å². The quantitative estimate of drug-likeness (QED) is 0.281. The number of likely N-dealkylation sites (N-methyl/N-ethyl adjacent to an activating group) is 1. The van der Waals surface area contributed by atoms with Gasteiger partial charge in [0, 0.05) is 75.7 Å². The number of nitriles is 1. The number of rotatable bonds is 8. The van der Waals surface area contributed by atoms with Gasteiger partial charge in [-0.2, -0.15) is 5.26 Å². The number of piperazine rings is 1. The van der Waals surface area contributed by atoms with E-state index in [4.69, 9.17) is 9.73 Å². The highest BCUT2D eigenvalue weighted by Crippen LogP contribution is 2.42. The second-order valence-electron chi connectivity index (χ2n) is 13.4. The number of imidazole rings is 1. The monoisotopic (exact) mass is 736 g/mol. The highest BCUT2D eigenvalue weighted by atomic mass is 79.9. The van der Waals surface area contributed by atoms with Crippen LogP contribution < -0.4 is 30.9 Å². The molecule has 14 heteroatoms. The van der Waals surface area contributed by atoms with E-state index in [1.807, 2.05) is 25.4 Å². The van der Waals surface area contributed by atoms with Gasteiger partial charge in [-0.15, -0.1) is 0 Å². The molecule has 3 aromatic rings. The number of pyridine rings is 1. The fraction of sp³-hybridized carbons (Fsp3) is 0.500. The number of guanidine groups is 1. The molecule has 256 valence electrons. The summed E-state index contributed by atoms with van der Waals surface area (Å²) < 4.78 is 22.0. The molecular formula is C34H46BrN10O2P. The Morgan fingerprint density at radius 1 is 1.17 bits per heavy atom. The van der Waals surface area contributed by atoms with Gasteiger partial charge in [-0.25, -0.2) is 9.98 Å². The molecular weight excluding hydrogens is 691 g/mol. The molecule has 5 heterocycles. The van der Waals surface area contributed by atoms with E-state index in [-0.39, 0.29) is 5.69 Å².